The van der Waals surface area contributed by atoms with Gasteiger partial charge in [-0.3, -0.25) is 9.69 Å². The summed E-state index contributed by atoms with van der Waals surface area (Å²) in [7, 11) is 0. The fourth-order valence-electron chi connectivity index (χ4n) is 2.46. The zero-order valence-corrected chi connectivity index (χ0v) is 12.2. The van der Waals surface area contributed by atoms with Crippen molar-refractivity contribution in [2.45, 2.75) is 25.3 Å². The van der Waals surface area contributed by atoms with E-state index in [1.54, 1.807) is 11.3 Å². The first-order chi connectivity index (χ1) is 8.74. The highest BCUT2D eigenvalue weighted by Gasteiger charge is 2.33. The molecule has 0 aromatic carbocycles. The lowest BCUT2D eigenvalue weighted by Crippen LogP contribution is -2.39. The number of thioether (sulfide) groups is 1. The third kappa shape index (κ3) is 3.08. The molecule has 1 aliphatic rings. The SMILES string of the molecule is CSCCCCN1CCc2sccc2C1C(=O)O. The quantitative estimate of drug-likeness (QED) is 0.816. The number of thiophene rings is 1. The van der Waals surface area contributed by atoms with E-state index in [2.05, 4.69) is 11.2 Å². The number of carboxylic acid groups (broad SMARTS) is 1. The van der Waals surface area contributed by atoms with Crippen LogP contribution in [0.1, 0.15) is 29.3 Å². The molecule has 3 nitrogen and oxygen atoms in total. The molecular formula is C13H19NO2S2. The number of carboxylic acids is 1. The standard InChI is InChI=1S/C13H19NO2S2/c1-17-8-3-2-6-14-7-4-11-10(5-9-18-11)12(14)13(15)16/h5,9,12H,2-4,6-8H2,1H3,(H,15,16). The number of rotatable bonds is 6. The third-order valence-corrected chi connectivity index (χ3v) is 5.04. The molecule has 1 aromatic rings. The van der Waals surface area contributed by atoms with E-state index in [-0.39, 0.29) is 0 Å². The van der Waals surface area contributed by atoms with Gasteiger partial charge in [-0.25, -0.2) is 0 Å². The summed E-state index contributed by atoms with van der Waals surface area (Å²) in [5, 5.41) is 11.4. The van der Waals surface area contributed by atoms with E-state index >= 15 is 0 Å². The van der Waals surface area contributed by atoms with E-state index in [0.29, 0.717) is 0 Å². The zero-order valence-electron chi connectivity index (χ0n) is 10.6. The predicted molar refractivity (Wildman–Crippen MR) is 77.6 cm³/mol. The van der Waals surface area contributed by atoms with Crippen LogP contribution in [0.2, 0.25) is 0 Å². The Bertz CT molecular complexity index is 405. The van der Waals surface area contributed by atoms with Crippen molar-refractivity contribution < 1.29 is 9.90 Å². The molecule has 1 atom stereocenters. The highest BCUT2D eigenvalue weighted by molar-refractivity contribution is 7.98. The Morgan fingerprint density at radius 2 is 2.44 bits per heavy atom. The van der Waals surface area contributed by atoms with Crippen molar-refractivity contribution in [2.75, 3.05) is 25.1 Å². The van der Waals surface area contributed by atoms with Crippen LogP contribution < -0.4 is 0 Å². The summed E-state index contributed by atoms with van der Waals surface area (Å²) in [6.45, 7) is 1.77. The number of hydrogen-bond donors (Lipinski definition) is 1. The first-order valence-corrected chi connectivity index (χ1v) is 8.53. The Morgan fingerprint density at radius 1 is 1.61 bits per heavy atom. The van der Waals surface area contributed by atoms with Crippen LogP contribution in [0.3, 0.4) is 0 Å². The molecule has 0 fully saturated rings. The maximum absolute atomic E-state index is 11.5. The van der Waals surface area contributed by atoms with Gasteiger partial charge in [0, 0.05) is 11.4 Å². The second kappa shape index (κ2) is 6.59. The summed E-state index contributed by atoms with van der Waals surface area (Å²) in [6.07, 6.45) is 5.36. The molecule has 2 heterocycles. The van der Waals surface area contributed by atoms with Gasteiger partial charge in [-0.2, -0.15) is 11.8 Å². The van der Waals surface area contributed by atoms with Gasteiger partial charge >= 0.3 is 5.97 Å². The molecule has 1 aliphatic heterocycles. The predicted octanol–water partition coefficient (Wildman–Crippen LogP) is 2.88. The summed E-state index contributed by atoms with van der Waals surface area (Å²) in [5.74, 6) is 0.453. The molecule has 100 valence electrons. The average Bonchev–Trinajstić information content (AvgIpc) is 2.81. The highest BCUT2D eigenvalue weighted by Crippen LogP contribution is 2.33. The topological polar surface area (TPSA) is 40.5 Å². The highest BCUT2D eigenvalue weighted by atomic mass is 32.2. The lowest BCUT2D eigenvalue weighted by Gasteiger charge is -2.33. The first kappa shape index (κ1) is 13.9. The first-order valence-electron chi connectivity index (χ1n) is 6.26. The summed E-state index contributed by atoms with van der Waals surface area (Å²) >= 11 is 3.54. The molecule has 0 saturated carbocycles. The molecule has 0 amide bonds. The van der Waals surface area contributed by atoms with Crippen LogP contribution in [0.25, 0.3) is 0 Å². The van der Waals surface area contributed by atoms with Crippen molar-refractivity contribution in [3.63, 3.8) is 0 Å². The molecule has 0 aliphatic carbocycles. The fourth-order valence-corrected chi connectivity index (χ4v) is 3.86. The van der Waals surface area contributed by atoms with E-state index in [9.17, 15) is 9.90 Å². The molecule has 1 aromatic heterocycles. The average molecular weight is 285 g/mol. The molecule has 0 spiro atoms. The lowest BCUT2D eigenvalue weighted by atomic mass is 10.00. The number of hydrogen-bond acceptors (Lipinski definition) is 4. The van der Waals surface area contributed by atoms with Crippen LogP contribution in [0.15, 0.2) is 11.4 Å². The molecule has 0 bridgehead atoms. The Balaban J connectivity index is 2.00. The van der Waals surface area contributed by atoms with Crippen molar-refractivity contribution in [3.05, 3.63) is 21.9 Å². The van der Waals surface area contributed by atoms with Crippen LogP contribution in [-0.4, -0.2) is 41.1 Å². The van der Waals surface area contributed by atoms with Crippen molar-refractivity contribution >= 4 is 29.1 Å². The van der Waals surface area contributed by atoms with Gasteiger partial charge in [0.15, 0.2) is 0 Å². The van der Waals surface area contributed by atoms with Crippen LogP contribution in [-0.2, 0) is 11.2 Å². The van der Waals surface area contributed by atoms with Crippen molar-refractivity contribution in [1.29, 1.82) is 0 Å². The van der Waals surface area contributed by atoms with Gasteiger partial charge < -0.3 is 5.11 Å². The Morgan fingerprint density at radius 3 is 3.17 bits per heavy atom. The van der Waals surface area contributed by atoms with E-state index in [1.165, 1.54) is 11.3 Å². The molecule has 5 heteroatoms. The van der Waals surface area contributed by atoms with Gasteiger partial charge in [-0.1, -0.05) is 0 Å². The zero-order chi connectivity index (χ0) is 13.0. The van der Waals surface area contributed by atoms with Crippen molar-refractivity contribution in [1.82, 2.24) is 4.90 Å². The largest absolute Gasteiger partial charge is 0.480 e. The minimum Gasteiger partial charge on any atom is -0.480 e. The molecule has 2 rings (SSSR count). The molecular weight excluding hydrogens is 266 g/mol. The van der Waals surface area contributed by atoms with Crippen molar-refractivity contribution in [3.8, 4) is 0 Å². The summed E-state index contributed by atoms with van der Waals surface area (Å²) in [6, 6.07) is 1.56. The summed E-state index contributed by atoms with van der Waals surface area (Å²) < 4.78 is 0. The molecule has 1 unspecified atom stereocenters. The summed E-state index contributed by atoms with van der Waals surface area (Å²) in [5.41, 5.74) is 1.02. The Labute approximate surface area is 116 Å². The van der Waals surface area contributed by atoms with Gasteiger partial charge in [0.1, 0.15) is 6.04 Å². The fraction of sp³-hybridized carbons (Fsp3) is 0.615. The number of fused-ring (bicyclic) bond motifs is 1. The second-order valence-electron chi connectivity index (χ2n) is 4.53. The normalized spacial score (nSPS) is 19.7. The van der Waals surface area contributed by atoms with E-state index in [4.69, 9.17) is 0 Å². The maximum Gasteiger partial charge on any atom is 0.325 e. The second-order valence-corrected chi connectivity index (χ2v) is 6.51. The van der Waals surface area contributed by atoms with Crippen LogP contribution in [0.4, 0.5) is 0 Å². The number of aliphatic carboxylic acids is 1. The number of carbonyl (C=O) groups is 1. The smallest absolute Gasteiger partial charge is 0.325 e. The number of nitrogens with zero attached hydrogens (tertiary/aromatic N) is 1. The Kier molecular flexibility index (Phi) is 5.09. The maximum atomic E-state index is 11.5. The van der Waals surface area contributed by atoms with Gasteiger partial charge in [0.05, 0.1) is 0 Å². The Hall–Kier alpha value is -0.520. The van der Waals surface area contributed by atoms with Crippen molar-refractivity contribution in [2.24, 2.45) is 0 Å². The lowest BCUT2D eigenvalue weighted by molar-refractivity contribution is -0.144. The van der Waals surface area contributed by atoms with Crippen LogP contribution in [0.5, 0.6) is 0 Å². The monoisotopic (exact) mass is 285 g/mol. The molecule has 18 heavy (non-hydrogen) atoms. The van der Waals surface area contributed by atoms with Gasteiger partial charge in [-0.05, 0) is 54.8 Å². The van der Waals surface area contributed by atoms with E-state index in [1.807, 2.05) is 23.2 Å². The minimum absolute atomic E-state index is 0.422. The van der Waals surface area contributed by atoms with Gasteiger partial charge in [0.2, 0.25) is 0 Å². The van der Waals surface area contributed by atoms with E-state index < -0.39 is 12.0 Å². The molecule has 0 radical (unpaired) electrons. The van der Waals surface area contributed by atoms with Gasteiger partial charge in [0.25, 0.3) is 0 Å². The summed E-state index contributed by atoms with van der Waals surface area (Å²) in [4.78, 5) is 14.8. The molecule has 0 saturated heterocycles. The van der Waals surface area contributed by atoms with Gasteiger partial charge in [-0.15, -0.1) is 11.3 Å². The number of unbranched alkanes of at least 4 members (excludes halogenated alkanes) is 1. The van der Waals surface area contributed by atoms with Crippen LogP contribution >= 0.6 is 23.1 Å². The van der Waals surface area contributed by atoms with Crippen LogP contribution in [0, 0.1) is 0 Å². The third-order valence-electron chi connectivity index (χ3n) is 3.34. The molecule has 1 N–H and O–H groups in total. The minimum atomic E-state index is -0.709. The van der Waals surface area contributed by atoms with E-state index in [0.717, 1.165) is 37.2 Å².